The van der Waals surface area contributed by atoms with Gasteiger partial charge in [-0.2, -0.15) is 0 Å². The summed E-state index contributed by atoms with van der Waals surface area (Å²) >= 11 is 0. The highest BCUT2D eigenvalue weighted by atomic mass is 15.1. The zero-order valence-corrected chi connectivity index (χ0v) is 16.0. The van der Waals surface area contributed by atoms with Crippen molar-refractivity contribution in [3.8, 4) is 22.5 Å². The molecule has 5 rings (SSSR count). The van der Waals surface area contributed by atoms with Gasteiger partial charge in [-0.05, 0) is 49.1 Å². The van der Waals surface area contributed by atoms with Crippen LogP contribution < -0.4 is 0 Å². The van der Waals surface area contributed by atoms with Crippen LogP contribution in [-0.2, 0) is 0 Å². The van der Waals surface area contributed by atoms with Gasteiger partial charge in [0.25, 0.3) is 0 Å². The number of nitrogens with zero attached hydrogens (tertiary/aromatic N) is 2. The summed E-state index contributed by atoms with van der Waals surface area (Å²) in [6.45, 7) is 2.12. The number of hydrogen-bond donors (Lipinski definition) is 0. The first kappa shape index (κ1) is 16.8. The molecule has 28 heavy (non-hydrogen) atoms. The first-order chi connectivity index (χ1) is 13.8. The Kier molecular flexibility index (Phi) is 4.17. The van der Waals surface area contributed by atoms with Gasteiger partial charge in [-0.3, -0.25) is 4.57 Å². The van der Waals surface area contributed by atoms with Gasteiger partial charge in [0.1, 0.15) is 5.82 Å². The maximum atomic E-state index is 4.96. The molecular weight excluding hydrogens is 340 g/mol. The van der Waals surface area contributed by atoms with Crippen LogP contribution in [0.2, 0.25) is 0 Å². The largest absolute Gasteiger partial charge is 0.293 e. The normalized spacial score (nSPS) is 13.7. The second-order valence-corrected chi connectivity index (χ2v) is 7.31. The third kappa shape index (κ3) is 2.97. The SMILES string of the molecule is Cc1ccc(-c2ccc(-c3nc4ccccc4n3C3=CCCC=C3)cc2)cc1. The van der Waals surface area contributed by atoms with E-state index in [4.69, 9.17) is 4.98 Å². The molecule has 0 saturated carbocycles. The molecule has 2 heteroatoms. The predicted molar refractivity (Wildman–Crippen MR) is 118 cm³/mol. The maximum Gasteiger partial charge on any atom is 0.145 e. The van der Waals surface area contributed by atoms with Crippen LogP contribution in [0.25, 0.3) is 39.2 Å². The molecule has 3 aromatic carbocycles. The Labute approximate surface area is 165 Å². The molecule has 0 fully saturated rings. The number of rotatable bonds is 3. The zero-order valence-electron chi connectivity index (χ0n) is 16.0. The molecule has 136 valence electrons. The Morgan fingerprint density at radius 3 is 2.14 bits per heavy atom. The molecule has 1 aliphatic carbocycles. The van der Waals surface area contributed by atoms with Crippen molar-refractivity contribution in [2.45, 2.75) is 19.8 Å². The lowest BCUT2D eigenvalue weighted by molar-refractivity contribution is 1.01. The van der Waals surface area contributed by atoms with Crippen molar-refractivity contribution in [2.24, 2.45) is 0 Å². The van der Waals surface area contributed by atoms with Gasteiger partial charge in [0.15, 0.2) is 0 Å². The highest BCUT2D eigenvalue weighted by molar-refractivity contribution is 5.87. The smallest absolute Gasteiger partial charge is 0.145 e. The van der Waals surface area contributed by atoms with Gasteiger partial charge in [0.05, 0.1) is 11.0 Å². The lowest BCUT2D eigenvalue weighted by Gasteiger charge is -2.13. The highest BCUT2D eigenvalue weighted by Crippen LogP contribution is 2.31. The summed E-state index contributed by atoms with van der Waals surface area (Å²) in [5.41, 5.74) is 8.26. The van der Waals surface area contributed by atoms with Crippen LogP contribution in [0, 0.1) is 6.92 Å². The summed E-state index contributed by atoms with van der Waals surface area (Å²) < 4.78 is 2.28. The second kappa shape index (κ2) is 6.97. The van der Waals surface area contributed by atoms with Gasteiger partial charge in [0, 0.05) is 11.3 Å². The minimum absolute atomic E-state index is 0.995. The molecule has 1 heterocycles. The summed E-state index contributed by atoms with van der Waals surface area (Å²) in [4.78, 5) is 4.96. The molecular formula is C26H22N2. The van der Waals surface area contributed by atoms with Crippen LogP contribution in [0.1, 0.15) is 18.4 Å². The van der Waals surface area contributed by atoms with Crippen LogP contribution in [-0.4, -0.2) is 9.55 Å². The van der Waals surface area contributed by atoms with Gasteiger partial charge in [-0.25, -0.2) is 4.98 Å². The number of benzene rings is 3. The number of hydrogen-bond acceptors (Lipinski definition) is 1. The third-order valence-corrected chi connectivity index (χ3v) is 5.32. The summed E-state index contributed by atoms with van der Waals surface area (Å²) in [5.74, 6) is 0.995. The van der Waals surface area contributed by atoms with E-state index in [-0.39, 0.29) is 0 Å². The number of para-hydroxylation sites is 2. The lowest BCUT2D eigenvalue weighted by Crippen LogP contribution is -2.00. The molecule has 0 N–H and O–H groups in total. The molecule has 0 saturated heterocycles. The lowest BCUT2D eigenvalue weighted by atomic mass is 10.0. The number of fused-ring (bicyclic) bond motifs is 1. The molecule has 1 aliphatic rings. The monoisotopic (exact) mass is 362 g/mol. The fourth-order valence-corrected chi connectivity index (χ4v) is 3.80. The van der Waals surface area contributed by atoms with Gasteiger partial charge < -0.3 is 0 Å². The van der Waals surface area contributed by atoms with E-state index in [1.165, 1.54) is 22.4 Å². The van der Waals surface area contributed by atoms with E-state index in [0.29, 0.717) is 0 Å². The van der Waals surface area contributed by atoms with Crippen molar-refractivity contribution in [1.82, 2.24) is 9.55 Å². The summed E-state index contributed by atoms with van der Waals surface area (Å²) in [5, 5.41) is 0. The Morgan fingerprint density at radius 2 is 1.43 bits per heavy atom. The minimum atomic E-state index is 0.995. The Bertz CT molecular complexity index is 1190. The fraction of sp³-hybridized carbons (Fsp3) is 0.115. The number of aromatic nitrogens is 2. The van der Waals surface area contributed by atoms with E-state index in [9.17, 15) is 0 Å². The number of allylic oxidation sites excluding steroid dienone is 4. The average Bonchev–Trinajstić information content (AvgIpc) is 3.15. The standard InChI is InChI=1S/C26H22N2/c1-19-11-13-20(14-12-19)21-15-17-22(18-16-21)26-27-24-9-5-6-10-25(24)28(26)23-7-3-2-4-8-23/h3,5-18H,2,4H2,1H3. The van der Waals surface area contributed by atoms with Crippen LogP contribution in [0.3, 0.4) is 0 Å². The molecule has 0 atom stereocenters. The van der Waals surface area contributed by atoms with Gasteiger partial charge in [-0.1, -0.05) is 78.4 Å². The first-order valence-electron chi connectivity index (χ1n) is 9.82. The second-order valence-electron chi connectivity index (χ2n) is 7.31. The van der Waals surface area contributed by atoms with Crippen molar-refractivity contribution in [3.05, 3.63) is 96.6 Å². The fourth-order valence-electron chi connectivity index (χ4n) is 3.80. The molecule has 0 aliphatic heterocycles. The molecule has 0 spiro atoms. The summed E-state index contributed by atoms with van der Waals surface area (Å²) in [7, 11) is 0. The van der Waals surface area contributed by atoms with Crippen LogP contribution in [0.4, 0.5) is 0 Å². The van der Waals surface area contributed by atoms with E-state index in [0.717, 1.165) is 35.3 Å². The molecule has 1 aromatic heterocycles. The van der Waals surface area contributed by atoms with E-state index in [1.54, 1.807) is 0 Å². The van der Waals surface area contributed by atoms with Crippen molar-refractivity contribution < 1.29 is 0 Å². The minimum Gasteiger partial charge on any atom is -0.293 e. The third-order valence-electron chi connectivity index (χ3n) is 5.32. The van der Waals surface area contributed by atoms with Crippen molar-refractivity contribution >= 4 is 16.7 Å². The average molecular weight is 362 g/mol. The first-order valence-corrected chi connectivity index (χ1v) is 9.82. The maximum absolute atomic E-state index is 4.96. The Morgan fingerprint density at radius 1 is 0.750 bits per heavy atom. The predicted octanol–water partition coefficient (Wildman–Crippen LogP) is 6.87. The summed E-state index contributed by atoms with van der Waals surface area (Å²) in [6, 6.07) is 25.8. The van der Waals surface area contributed by atoms with Crippen molar-refractivity contribution in [1.29, 1.82) is 0 Å². The Balaban J connectivity index is 1.62. The molecule has 2 nitrogen and oxygen atoms in total. The molecule has 0 radical (unpaired) electrons. The molecule has 4 aromatic rings. The Hall–Kier alpha value is -3.39. The van der Waals surface area contributed by atoms with Gasteiger partial charge >= 0.3 is 0 Å². The number of imidazole rings is 1. The molecule has 0 unspecified atom stereocenters. The van der Waals surface area contributed by atoms with Crippen molar-refractivity contribution in [3.63, 3.8) is 0 Å². The highest BCUT2D eigenvalue weighted by Gasteiger charge is 2.15. The molecule has 0 bridgehead atoms. The van der Waals surface area contributed by atoms with Crippen molar-refractivity contribution in [2.75, 3.05) is 0 Å². The number of aryl methyl sites for hydroxylation is 1. The molecule has 0 amide bonds. The van der Waals surface area contributed by atoms with Crippen LogP contribution in [0.5, 0.6) is 0 Å². The van der Waals surface area contributed by atoms with E-state index >= 15 is 0 Å². The topological polar surface area (TPSA) is 17.8 Å². The van der Waals surface area contributed by atoms with Gasteiger partial charge in [-0.15, -0.1) is 0 Å². The van der Waals surface area contributed by atoms with E-state index in [2.05, 4.69) is 103 Å². The summed E-state index contributed by atoms with van der Waals surface area (Å²) in [6.07, 6.45) is 8.94. The van der Waals surface area contributed by atoms with Crippen LogP contribution in [0.15, 0.2) is 91.0 Å². The quantitative estimate of drug-likeness (QED) is 0.389. The van der Waals surface area contributed by atoms with E-state index < -0.39 is 0 Å². The zero-order chi connectivity index (χ0) is 18.9. The van der Waals surface area contributed by atoms with E-state index in [1.807, 2.05) is 0 Å². The van der Waals surface area contributed by atoms with Gasteiger partial charge in [0.2, 0.25) is 0 Å². The van der Waals surface area contributed by atoms with Crippen LogP contribution >= 0.6 is 0 Å².